The summed E-state index contributed by atoms with van der Waals surface area (Å²) in [6.07, 6.45) is 3.42. The lowest BCUT2D eigenvalue weighted by atomic mass is 10.3. The maximum atomic E-state index is 11.8. The lowest BCUT2D eigenvalue weighted by Gasteiger charge is -2.34. The fourth-order valence-corrected chi connectivity index (χ4v) is 1.93. The number of nitrogens with zero attached hydrogens (tertiary/aromatic N) is 4. The van der Waals surface area contributed by atoms with Crippen molar-refractivity contribution in [3.8, 4) is 0 Å². The normalized spacial score (nSPS) is 15.6. The van der Waals surface area contributed by atoms with Gasteiger partial charge < -0.3 is 19.6 Å². The van der Waals surface area contributed by atoms with Crippen LogP contribution in [-0.2, 0) is 9.53 Å². The van der Waals surface area contributed by atoms with Crippen LogP contribution >= 0.6 is 0 Å². The number of carbonyl (C=O) groups is 1. The van der Waals surface area contributed by atoms with Gasteiger partial charge in [0.05, 0.1) is 13.2 Å². The molecular weight excluding hydrogens is 248 g/mol. The van der Waals surface area contributed by atoms with E-state index in [0.717, 1.165) is 13.1 Å². The predicted octanol–water partition coefficient (Wildman–Crippen LogP) is -0.866. The van der Waals surface area contributed by atoms with E-state index >= 15 is 0 Å². The molecule has 1 saturated heterocycles. The molecule has 1 fully saturated rings. The van der Waals surface area contributed by atoms with Gasteiger partial charge in [0.25, 0.3) is 0 Å². The zero-order chi connectivity index (χ0) is 13.5. The van der Waals surface area contributed by atoms with Crippen LogP contribution in [0.2, 0.25) is 0 Å². The van der Waals surface area contributed by atoms with Crippen LogP contribution in [-0.4, -0.2) is 71.9 Å². The number of aliphatic hydroxyl groups excluding tert-OH is 1. The zero-order valence-electron chi connectivity index (χ0n) is 10.7. The number of anilines is 1. The summed E-state index contributed by atoms with van der Waals surface area (Å²) < 4.78 is 5.03. The highest BCUT2D eigenvalue weighted by Crippen LogP contribution is 2.09. The number of hydrogen-bond acceptors (Lipinski definition) is 6. The van der Waals surface area contributed by atoms with Crippen molar-refractivity contribution in [3.63, 3.8) is 0 Å². The molecule has 0 radical (unpaired) electrons. The first kappa shape index (κ1) is 13.7. The Morgan fingerprint density at radius 1 is 1.26 bits per heavy atom. The van der Waals surface area contributed by atoms with E-state index in [2.05, 4.69) is 14.9 Å². The molecule has 19 heavy (non-hydrogen) atoms. The van der Waals surface area contributed by atoms with Crippen LogP contribution in [0.15, 0.2) is 18.5 Å². The molecule has 1 aliphatic heterocycles. The van der Waals surface area contributed by atoms with E-state index in [-0.39, 0.29) is 25.7 Å². The van der Waals surface area contributed by atoms with E-state index in [1.165, 1.54) is 0 Å². The van der Waals surface area contributed by atoms with Crippen molar-refractivity contribution in [1.29, 1.82) is 0 Å². The third-order valence-corrected chi connectivity index (χ3v) is 2.93. The summed E-state index contributed by atoms with van der Waals surface area (Å²) in [5.41, 5.74) is 0. The Bertz CT molecular complexity index is 393. The minimum absolute atomic E-state index is 0.0302. The fraction of sp³-hybridized carbons (Fsp3) is 0.583. The van der Waals surface area contributed by atoms with Gasteiger partial charge in [0.15, 0.2) is 0 Å². The fourth-order valence-electron chi connectivity index (χ4n) is 1.93. The van der Waals surface area contributed by atoms with Crippen molar-refractivity contribution in [2.45, 2.75) is 0 Å². The third-order valence-electron chi connectivity index (χ3n) is 2.93. The molecule has 7 nitrogen and oxygen atoms in total. The number of hydrogen-bond donors (Lipinski definition) is 1. The van der Waals surface area contributed by atoms with Gasteiger partial charge in [-0.3, -0.25) is 4.79 Å². The molecule has 0 unspecified atom stereocenters. The Balaban J connectivity index is 1.77. The Kier molecular flexibility index (Phi) is 5.05. The van der Waals surface area contributed by atoms with E-state index in [0.29, 0.717) is 19.0 Å². The number of ether oxygens (including phenoxy) is 1. The third kappa shape index (κ3) is 3.87. The summed E-state index contributed by atoms with van der Waals surface area (Å²) in [6.45, 7) is 2.88. The van der Waals surface area contributed by atoms with Crippen LogP contribution in [0.4, 0.5) is 5.95 Å². The lowest BCUT2D eigenvalue weighted by molar-refractivity contribution is -0.136. The average molecular weight is 266 g/mol. The number of aliphatic hydroxyl groups is 1. The molecule has 1 aromatic heterocycles. The first-order chi connectivity index (χ1) is 9.31. The Labute approximate surface area is 111 Å². The van der Waals surface area contributed by atoms with Crippen LogP contribution in [0.3, 0.4) is 0 Å². The highest BCUT2D eigenvalue weighted by molar-refractivity contribution is 5.77. The highest BCUT2D eigenvalue weighted by atomic mass is 16.5. The first-order valence-corrected chi connectivity index (χ1v) is 6.29. The van der Waals surface area contributed by atoms with Gasteiger partial charge in [-0.05, 0) is 6.07 Å². The van der Waals surface area contributed by atoms with Gasteiger partial charge in [0, 0.05) is 38.6 Å². The summed E-state index contributed by atoms with van der Waals surface area (Å²) in [6, 6.07) is 1.78. The van der Waals surface area contributed by atoms with Gasteiger partial charge in [-0.15, -0.1) is 0 Å². The quantitative estimate of drug-likeness (QED) is 0.698. The topological polar surface area (TPSA) is 78.8 Å². The first-order valence-electron chi connectivity index (χ1n) is 6.29. The van der Waals surface area contributed by atoms with Gasteiger partial charge >= 0.3 is 0 Å². The molecule has 1 aliphatic rings. The monoisotopic (exact) mass is 266 g/mol. The van der Waals surface area contributed by atoms with E-state index in [1.54, 1.807) is 23.4 Å². The van der Waals surface area contributed by atoms with Gasteiger partial charge in [-0.1, -0.05) is 0 Å². The van der Waals surface area contributed by atoms with Gasteiger partial charge in [-0.25, -0.2) is 9.97 Å². The largest absolute Gasteiger partial charge is 0.394 e. The van der Waals surface area contributed by atoms with Crippen LogP contribution < -0.4 is 4.90 Å². The highest BCUT2D eigenvalue weighted by Gasteiger charge is 2.22. The van der Waals surface area contributed by atoms with Crippen molar-refractivity contribution in [1.82, 2.24) is 14.9 Å². The second kappa shape index (κ2) is 7.01. The number of amides is 1. The minimum Gasteiger partial charge on any atom is -0.394 e. The van der Waals surface area contributed by atoms with Crippen molar-refractivity contribution < 1.29 is 14.6 Å². The molecule has 0 saturated carbocycles. The second-order valence-electron chi connectivity index (χ2n) is 4.19. The standard InChI is InChI=1S/C12H18N4O3/c17-8-9-19-10-11(18)15-4-6-16(7-5-15)12-13-2-1-3-14-12/h1-3,17H,4-10H2. The molecule has 0 bridgehead atoms. The Hall–Kier alpha value is -1.73. The maximum Gasteiger partial charge on any atom is 0.248 e. The van der Waals surface area contributed by atoms with E-state index in [1.807, 2.05) is 0 Å². The van der Waals surface area contributed by atoms with E-state index in [4.69, 9.17) is 9.84 Å². The molecule has 0 aliphatic carbocycles. The Morgan fingerprint density at radius 2 is 1.95 bits per heavy atom. The molecule has 0 spiro atoms. The number of aromatic nitrogens is 2. The minimum atomic E-state index is -0.0631. The van der Waals surface area contributed by atoms with Crippen LogP contribution in [0.5, 0.6) is 0 Å². The molecule has 1 amide bonds. The molecule has 7 heteroatoms. The molecule has 2 heterocycles. The smallest absolute Gasteiger partial charge is 0.248 e. The predicted molar refractivity (Wildman–Crippen MR) is 68.7 cm³/mol. The SMILES string of the molecule is O=C(COCCO)N1CCN(c2ncccn2)CC1. The molecule has 0 aromatic carbocycles. The summed E-state index contributed by atoms with van der Waals surface area (Å²) in [4.78, 5) is 24.0. The van der Waals surface area contributed by atoms with Gasteiger partial charge in [-0.2, -0.15) is 0 Å². The lowest BCUT2D eigenvalue weighted by Crippen LogP contribution is -2.50. The van der Waals surface area contributed by atoms with Gasteiger partial charge in [0.2, 0.25) is 11.9 Å². The zero-order valence-corrected chi connectivity index (χ0v) is 10.7. The van der Waals surface area contributed by atoms with Crippen LogP contribution in [0.1, 0.15) is 0 Å². The number of rotatable bonds is 5. The van der Waals surface area contributed by atoms with Crippen LogP contribution in [0, 0.1) is 0 Å². The summed E-state index contributed by atoms with van der Waals surface area (Å²) in [5.74, 6) is 0.660. The van der Waals surface area contributed by atoms with Crippen molar-refractivity contribution >= 4 is 11.9 Å². The molecule has 104 valence electrons. The number of carbonyl (C=O) groups excluding carboxylic acids is 1. The molecule has 1 N–H and O–H groups in total. The second-order valence-corrected chi connectivity index (χ2v) is 4.19. The average Bonchev–Trinajstić information content (AvgIpc) is 2.48. The van der Waals surface area contributed by atoms with Crippen molar-refractivity contribution in [3.05, 3.63) is 18.5 Å². The summed E-state index contributed by atoms with van der Waals surface area (Å²) in [7, 11) is 0. The maximum absolute atomic E-state index is 11.8. The van der Waals surface area contributed by atoms with E-state index in [9.17, 15) is 4.79 Å². The molecule has 0 atom stereocenters. The summed E-state index contributed by atoms with van der Waals surface area (Å²) >= 11 is 0. The van der Waals surface area contributed by atoms with Crippen molar-refractivity contribution in [2.75, 3.05) is 50.9 Å². The summed E-state index contributed by atoms with van der Waals surface area (Å²) in [5, 5.41) is 8.58. The molecule has 2 rings (SSSR count). The van der Waals surface area contributed by atoms with Crippen LogP contribution in [0.25, 0.3) is 0 Å². The Morgan fingerprint density at radius 3 is 2.58 bits per heavy atom. The van der Waals surface area contributed by atoms with E-state index < -0.39 is 0 Å². The van der Waals surface area contributed by atoms with Crippen molar-refractivity contribution in [2.24, 2.45) is 0 Å². The van der Waals surface area contributed by atoms with Gasteiger partial charge in [0.1, 0.15) is 6.61 Å². The number of piperazine rings is 1. The molecule has 1 aromatic rings. The molecular formula is C12H18N4O3.